The molecule has 3 aromatic rings. The summed E-state index contributed by atoms with van der Waals surface area (Å²) in [6.45, 7) is 0. The highest BCUT2D eigenvalue weighted by Crippen LogP contribution is 2.36. The SMILES string of the molecule is C[S@](=O)c1c(-c2ccc(Cl)cc2)oc2ccc(F)cc12. The Kier molecular flexibility index (Phi) is 3.36. The van der Waals surface area contributed by atoms with E-state index >= 15 is 0 Å². The average molecular weight is 309 g/mol. The van der Waals surface area contributed by atoms with E-state index in [4.69, 9.17) is 16.0 Å². The molecule has 1 atom stereocenters. The number of hydrogen-bond acceptors (Lipinski definition) is 2. The lowest BCUT2D eigenvalue weighted by atomic mass is 10.1. The van der Waals surface area contributed by atoms with Crippen molar-refractivity contribution in [1.82, 2.24) is 0 Å². The molecule has 0 spiro atoms. The van der Waals surface area contributed by atoms with Gasteiger partial charge < -0.3 is 4.42 Å². The third kappa shape index (κ3) is 2.25. The van der Waals surface area contributed by atoms with Crippen LogP contribution in [-0.4, -0.2) is 10.5 Å². The van der Waals surface area contributed by atoms with Crippen LogP contribution in [0.3, 0.4) is 0 Å². The van der Waals surface area contributed by atoms with Crippen LogP contribution in [0.5, 0.6) is 0 Å². The molecule has 0 saturated carbocycles. The van der Waals surface area contributed by atoms with Crippen LogP contribution >= 0.6 is 11.6 Å². The number of benzene rings is 2. The van der Waals surface area contributed by atoms with Crippen LogP contribution < -0.4 is 0 Å². The molecule has 5 heteroatoms. The molecule has 1 aromatic heterocycles. The van der Waals surface area contributed by atoms with Gasteiger partial charge in [0.25, 0.3) is 0 Å². The Bertz CT molecular complexity index is 809. The molecular weight excluding hydrogens is 299 g/mol. The van der Waals surface area contributed by atoms with Crippen molar-refractivity contribution < 1.29 is 13.0 Å². The van der Waals surface area contributed by atoms with Crippen molar-refractivity contribution >= 4 is 33.4 Å². The quantitative estimate of drug-likeness (QED) is 0.691. The molecule has 2 aromatic carbocycles. The molecule has 0 fully saturated rings. The van der Waals surface area contributed by atoms with E-state index in [2.05, 4.69) is 0 Å². The topological polar surface area (TPSA) is 30.2 Å². The molecule has 0 aliphatic rings. The summed E-state index contributed by atoms with van der Waals surface area (Å²) < 4.78 is 31.1. The average Bonchev–Trinajstić information content (AvgIpc) is 2.78. The monoisotopic (exact) mass is 308 g/mol. The predicted molar refractivity (Wildman–Crippen MR) is 79.0 cm³/mol. The van der Waals surface area contributed by atoms with Crippen molar-refractivity contribution in [2.75, 3.05) is 6.26 Å². The van der Waals surface area contributed by atoms with E-state index in [1.54, 1.807) is 36.6 Å². The smallest absolute Gasteiger partial charge is 0.151 e. The lowest BCUT2D eigenvalue weighted by Crippen LogP contribution is -1.89. The summed E-state index contributed by atoms with van der Waals surface area (Å²) in [5, 5.41) is 1.14. The molecule has 0 N–H and O–H groups in total. The Morgan fingerprint density at radius 2 is 1.85 bits per heavy atom. The molecule has 20 heavy (non-hydrogen) atoms. The summed E-state index contributed by atoms with van der Waals surface area (Å²) in [6.07, 6.45) is 1.55. The Hall–Kier alpha value is -1.65. The van der Waals surface area contributed by atoms with Gasteiger partial charge in [-0.1, -0.05) is 11.6 Å². The van der Waals surface area contributed by atoms with Crippen molar-refractivity contribution in [3.05, 3.63) is 53.3 Å². The zero-order valence-electron chi connectivity index (χ0n) is 10.5. The molecule has 0 bridgehead atoms. The second-order valence-corrected chi connectivity index (χ2v) is 6.11. The van der Waals surface area contributed by atoms with Gasteiger partial charge in [-0.15, -0.1) is 0 Å². The summed E-state index contributed by atoms with van der Waals surface area (Å²) in [5.74, 6) is 0.107. The van der Waals surface area contributed by atoms with Gasteiger partial charge in [0.1, 0.15) is 11.4 Å². The molecule has 0 radical (unpaired) electrons. The largest absolute Gasteiger partial charge is 0.455 e. The molecule has 2 nitrogen and oxygen atoms in total. The fourth-order valence-electron chi connectivity index (χ4n) is 2.12. The number of rotatable bonds is 2. The minimum absolute atomic E-state index is 0.382. The lowest BCUT2D eigenvalue weighted by molar-refractivity contribution is 0.615. The van der Waals surface area contributed by atoms with E-state index in [1.165, 1.54) is 12.1 Å². The molecule has 1 heterocycles. The number of fused-ring (bicyclic) bond motifs is 1. The highest BCUT2D eigenvalue weighted by atomic mass is 35.5. The van der Waals surface area contributed by atoms with E-state index in [0.29, 0.717) is 26.6 Å². The van der Waals surface area contributed by atoms with Crippen LogP contribution in [0.4, 0.5) is 4.39 Å². The second kappa shape index (κ2) is 5.04. The summed E-state index contributed by atoms with van der Waals surface area (Å²) in [4.78, 5) is 0.502. The number of hydrogen-bond donors (Lipinski definition) is 0. The van der Waals surface area contributed by atoms with Gasteiger partial charge >= 0.3 is 0 Å². The maximum absolute atomic E-state index is 13.4. The highest BCUT2D eigenvalue weighted by molar-refractivity contribution is 7.84. The van der Waals surface area contributed by atoms with Crippen molar-refractivity contribution in [2.24, 2.45) is 0 Å². The summed E-state index contributed by atoms with van der Waals surface area (Å²) in [5.41, 5.74) is 1.28. The highest BCUT2D eigenvalue weighted by Gasteiger charge is 2.19. The molecule has 0 aliphatic carbocycles. The minimum atomic E-state index is -1.29. The van der Waals surface area contributed by atoms with Crippen molar-refractivity contribution in [2.45, 2.75) is 4.90 Å². The van der Waals surface area contributed by atoms with E-state index in [-0.39, 0.29) is 5.82 Å². The van der Waals surface area contributed by atoms with Gasteiger partial charge in [-0.05, 0) is 42.5 Å². The number of furan rings is 1. The van der Waals surface area contributed by atoms with Gasteiger partial charge in [-0.2, -0.15) is 0 Å². The standard InChI is InChI=1S/C15H10ClFO2S/c1-20(18)15-12-8-11(17)6-7-13(12)19-14(15)9-2-4-10(16)5-3-9/h2-8H,1H3/t20-/m0/s1. The van der Waals surface area contributed by atoms with Gasteiger partial charge in [0.05, 0.1) is 15.7 Å². The van der Waals surface area contributed by atoms with E-state index in [1.807, 2.05) is 0 Å². The Morgan fingerprint density at radius 3 is 2.50 bits per heavy atom. The summed E-state index contributed by atoms with van der Waals surface area (Å²) in [7, 11) is -1.29. The van der Waals surface area contributed by atoms with E-state index in [0.717, 1.165) is 5.56 Å². The third-order valence-electron chi connectivity index (χ3n) is 3.00. The first-order valence-electron chi connectivity index (χ1n) is 5.87. The van der Waals surface area contributed by atoms with Gasteiger partial charge in [0.2, 0.25) is 0 Å². The van der Waals surface area contributed by atoms with Crippen LogP contribution in [-0.2, 0) is 10.8 Å². The molecule has 0 saturated heterocycles. The van der Waals surface area contributed by atoms with Crippen molar-refractivity contribution in [1.29, 1.82) is 0 Å². The van der Waals surface area contributed by atoms with Gasteiger partial charge in [-0.3, -0.25) is 4.21 Å². The van der Waals surface area contributed by atoms with Gasteiger partial charge in [0.15, 0.2) is 5.76 Å². The third-order valence-corrected chi connectivity index (χ3v) is 4.23. The Labute approximate surface area is 122 Å². The maximum Gasteiger partial charge on any atom is 0.151 e. The van der Waals surface area contributed by atoms with E-state index in [9.17, 15) is 8.60 Å². The fraction of sp³-hybridized carbons (Fsp3) is 0.0667. The molecule has 0 aliphatic heterocycles. The first-order valence-corrected chi connectivity index (χ1v) is 7.81. The normalized spacial score (nSPS) is 12.8. The zero-order valence-corrected chi connectivity index (χ0v) is 12.1. The zero-order chi connectivity index (χ0) is 14.3. The van der Waals surface area contributed by atoms with E-state index < -0.39 is 10.8 Å². The van der Waals surface area contributed by atoms with Crippen LogP contribution in [0.1, 0.15) is 0 Å². The summed E-state index contributed by atoms with van der Waals surface area (Å²) >= 11 is 5.86. The lowest BCUT2D eigenvalue weighted by Gasteiger charge is -2.00. The number of halogens is 2. The van der Waals surface area contributed by atoms with Crippen LogP contribution in [0.15, 0.2) is 51.8 Å². The Balaban J connectivity index is 2.32. The van der Waals surface area contributed by atoms with Gasteiger partial charge in [0, 0.05) is 22.2 Å². The molecule has 0 unspecified atom stereocenters. The van der Waals surface area contributed by atoms with Crippen LogP contribution in [0.25, 0.3) is 22.3 Å². The molecule has 3 rings (SSSR count). The van der Waals surface area contributed by atoms with Crippen LogP contribution in [0.2, 0.25) is 5.02 Å². The van der Waals surface area contributed by atoms with Gasteiger partial charge in [-0.25, -0.2) is 4.39 Å². The Morgan fingerprint density at radius 1 is 1.15 bits per heavy atom. The molecular formula is C15H10ClFO2S. The maximum atomic E-state index is 13.4. The molecule has 0 amide bonds. The summed E-state index contributed by atoms with van der Waals surface area (Å²) in [6, 6.07) is 11.2. The first-order chi connectivity index (χ1) is 9.56. The minimum Gasteiger partial charge on any atom is -0.455 e. The second-order valence-electron chi connectivity index (χ2n) is 4.36. The van der Waals surface area contributed by atoms with Crippen LogP contribution in [0, 0.1) is 5.82 Å². The van der Waals surface area contributed by atoms with Crippen molar-refractivity contribution in [3.8, 4) is 11.3 Å². The first kappa shape index (κ1) is 13.3. The van der Waals surface area contributed by atoms with Crippen molar-refractivity contribution in [3.63, 3.8) is 0 Å². The predicted octanol–water partition coefficient (Wildman–Crippen LogP) is 4.63. The fourth-order valence-corrected chi connectivity index (χ4v) is 3.14. The molecule has 102 valence electrons.